The monoisotopic (exact) mass is 127 g/mol. The van der Waals surface area contributed by atoms with Gasteiger partial charge in [-0.25, -0.2) is 0 Å². The molecule has 0 aromatic rings. The summed E-state index contributed by atoms with van der Waals surface area (Å²) in [6.07, 6.45) is 4.41. The van der Waals surface area contributed by atoms with E-state index in [9.17, 15) is 0 Å². The fraction of sp³-hybridized carbons (Fsp3) is 0.714. The van der Waals surface area contributed by atoms with E-state index >= 15 is 0 Å². The summed E-state index contributed by atoms with van der Waals surface area (Å²) < 4.78 is 5.37. The molecule has 2 heteroatoms. The number of allylic oxidation sites excluding steroid dienone is 1. The summed E-state index contributed by atoms with van der Waals surface area (Å²) in [7, 11) is 0. The number of rotatable bonds is 1. The van der Waals surface area contributed by atoms with Gasteiger partial charge in [0.2, 0.25) is 0 Å². The molecule has 1 fully saturated rings. The molecular formula is C7H13NO. The number of hydrogen-bond donors (Lipinski definition) is 1. The lowest BCUT2D eigenvalue weighted by molar-refractivity contribution is 0.0591. The maximum atomic E-state index is 5.37. The standard InChI is InChI=1S/C7H13NO/c1-2-3-7-6-8-4-5-9-7/h2-3,7-8H,4-6H2,1H3/b3-2+/t7-/m1/s1. The number of ether oxygens (including phenoxy) is 1. The normalized spacial score (nSPS) is 29.2. The van der Waals surface area contributed by atoms with Crippen LogP contribution in [0.1, 0.15) is 6.92 Å². The highest BCUT2D eigenvalue weighted by atomic mass is 16.5. The third kappa shape index (κ3) is 2.16. The summed E-state index contributed by atoms with van der Waals surface area (Å²) in [5.41, 5.74) is 0. The van der Waals surface area contributed by atoms with Gasteiger partial charge in [-0.1, -0.05) is 12.2 Å². The third-order valence-electron chi connectivity index (χ3n) is 1.36. The van der Waals surface area contributed by atoms with E-state index in [0.717, 1.165) is 19.7 Å². The molecule has 1 aliphatic rings. The lowest BCUT2D eigenvalue weighted by Crippen LogP contribution is -2.37. The Kier molecular flexibility index (Phi) is 2.74. The van der Waals surface area contributed by atoms with Gasteiger partial charge in [0.05, 0.1) is 12.7 Å². The Labute approximate surface area is 55.9 Å². The average molecular weight is 127 g/mol. The summed E-state index contributed by atoms with van der Waals surface area (Å²) >= 11 is 0. The summed E-state index contributed by atoms with van der Waals surface area (Å²) in [4.78, 5) is 0. The van der Waals surface area contributed by atoms with Crippen molar-refractivity contribution in [2.75, 3.05) is 19.7 Å². The smallest absolute Gasteiger partial charge is 0.0880 e. The van der Waals surface area contributed by atoms with E-state index in [1.54, 1.807) is 0 Å². The van der Waals surface area contributed by atoms with Gasteiger partial charge in [-0.2, -0.15) is 0 Å². The van der Waals surface area contributed by atoms with Gasteiger partial charge in [0.15, 0.2) is 0 Å². The Hall–Kier alpha value is -0.340. The van der Waals surface area contributed by atoms with Crippen LogP contribution >= 0.6 is 0 Å². The van der Waals surface area contributed by atoms with Crippen molar-refractivity contribution in [3.8, 4) is 0 Å². The van der Waals surface area contributed by atoms with Gasteiger partial charge in [-0.05, 0) is 6.92 Å². The molecule has 1 heterocycles. The van der Waals surface area contributed by atoms with Crippen molar-refractivity contribution in [3.05, 3.63) is 12.2 Å². The SMILES string of the molecule is C/C=C/[C@@H]1CNCCO1. The van der Waals surface area contributed by atoms with E-state index in [0.29, 0.717) is 6.10 Å². The second-order valence-corrected chi connectivity index (χ2v) is 2.14. The molecule has 1 saturated heterocycles. The van der Waals surface area contributed by atoms with Gasteiger partial charge in [0.1, 0.15) is 0 Å². The predicted octanol–water partition coefficient (Wildman–Crippen LogP) is 0.551. The minimum atomic E-state index is 0.309. The molecular weight excluding hydrogens is 114 g/mol. The van der Waals surface area contributed by atoms with Crippen molar-refractivity contribution >= 4 is 0 Å². The van der Waals surface area contributed by atoms with Crippen LogP contribution in [-0.4, -0.2) is 25.8 Å². The molecule has 0 aliphatic carbocycles. The maximum absolute atomic E-state index is 5.37. The Morgan fingerprint density at radius 3 is 3.11 bits per heavy atom. The molecule has 0 radical (unpaired) electrons. The molecule has 0 saturated carbocycles. The van der Waals surface area contributed by atoms with Gasteiger partial charge in [0, 0.05) is 13.1 Å². The Balaban J connectivity index is 2.23. The Morgan fingerprint density at radius 2 is 2.56 bits per heavy atom. The van der Waals surface area contributed by atoms with Crippen molar-refractivity contribution < 1.29 is 4.74 Å². The van der Waals surface area contributed by atoms with E-state index in [2.05, 4.69) is 11.4 Å². The molecule has 1 N–H and O–H groups in total. The average Bonchev–Trinajstić information content (AvgIpc) is 1.91. The molecule has 0 aromatic carbocycles. The molecule has 0 amide bonds. The third-order valence-corrected chi connectivity index (χ3v) is 1.36. The first-order valence-corrected chi connectivity index (χ1v) is 3.38. The largest absolute Gasteiger partial charge is 0.372 e. The Morgan fingerprint density at radius 1 is 1.67 bits per heavy atom. The van der Waals surface area contributed by atoms with E-state index < -0.39 is 0 Å². The van der Waals surface area contributed by atoms with Crippen LogP contribution in [0.2, 0.25) is 0 Å². The van der Waals surface area contributed by atoms with Crippen LogP contribution in [0.25, 0.3) is 0 Å². The topological polar surface area (TPSA) is 21.3 Å². The molecule has 52 valence electrons. The Bertz CT molecular complexity index is 95.1. The molecule has 0 spiro atoms. The van der Waals surface area contributed by atoms with Gasteiger partial charge in [-0.3, -0.25) is 0 Å². The maximum Gasteiger partial charge on any atom is 0.0880 e. The zero-order valence-electron chi connectivity index (χ0n) is 5.76. The van der Waals surface area contributed by atoms with Crippen LogP contribution in [-0.2, 0) is 4.74 Å². The van der Waals surface area contributed by atoms with Crippen molar-refractivity contribution in [2.45, 2.75) is 13.0 Å². The van der Waals surface area contributed by atoms with Gasteiger partial charge in [-0.15, -0.1) is 0 Å². The van der Waals surface area contributed by atoms with Crippen LogP contribution in [0.5, 0.6) is 0 Å². The van der Waals surface area contributed by atoms with E-state index in [-0.39, 0.29) is 0 Å². The molecule has 0 unspecified atom stereocenters. The predicted molar refractivity (Wildman–Crippen MR) is 37.4 cm³/mol. The van der Waals surface area contributed by atoms with Crippen molar-refractivity contribution in [3.63, 3.8) is 0 Å². The molecule has 1 atom stereocenters. The van der Waals surface area contributed by atoms with Crippen LogP contribution in [0.3, 0.4) is 0 Å². The molecule has 1 aliphatic heterocycles. The zero-order valence-corrected chi connectivity index (χ0v) is 5.76. The lowest BCUT2D eigenvalue weighted by atomic mass is 10.3. The highest BCUT2D eigenvalue weighted by Crippen LogP contribution is 1.96. The minimum Gasteiger partial charge on any atom is -0.372 e. The first-order chi connectivity index (χ1) is 4.43. The van der Waals surface area contributed by atoms with E-state index in [1.165, 1.54) is 0 Å². The second-order valence-electron chi connectivity index (χ2n) is 2.14. The fourth-order valence-corrected chi connectivity index (χ4v) is 0.924. The fourth-order valence-electron chi connectivity index (χ4n) is 0.924. The van der Waals surface area contributed by atoms with Crippen molar-refractivity contribution in [2.24, 2.45) is 0 Å². The number of hydrogen-bond acceptors (Lipinski definition) is 2. The number of morpholine rings is 1. The molecule has 9 heavy (non-hydrogen) atoms. The summed E-state index contributed by atoms with van der Waals surface area (Å²) in [6.45, 7) is 4.81. The van der Waals surface area contributed by atoms with Gasteiger partial charge >= 0.3 is 0 Å². The highest BCUT2D eigenvalue weighted by Gasteiger charge is 2.07. The molecule has 0 bridgehead atoms. The zero-order chi connectivity index (χ0) is 6.53. The van der Waals surface area contributed by atoms with Crippen LogP contribution in [0.15, 0.2) is 12.2 Å². The van der Waals surface area contributed by atoms with Gasteiger partial charge in [0.25, 0.3) is 0 Å². The quantitative estimate of drug-likeness (QED) is 0.519. The molecule has 2 nitrogen and oxygen atoms in total. The lowest BCUT2D eigenvalue weighted by Gasteiger charge is -2.20. The van der Waals surface area contributed by atoms with E-state index in [1.807, 2.05) is 13.0 Å². The van der Waals surface area contributed by atoms with Crippen LogP contribution in [0, 0.1) is 0 Å². The molecule has 1 rings (SSSR count). The second kappa shape index (κ2) is 3.64. The summed E-state index contributed by atoms with van der Waals surface area (Å²) in [5, 5.41) is 3.24. The highest BCUT2D eigenvalue weighted by molar-refractivity contribution is 4.89. The van der Waals surface area contributed by atoms with Crippen LogP contribution in [0.4, 0.5) is 0 Å². The van der Waals surface area contributed by atoms with Crippen LogP contribution < -0.4 is 5.32 Å². The summed E-state index contributed by atoms with van der Waals surface area (Å²) in [6, 6.07) is 0. The first-order valence-electron chi connectivity index (χ1n) is 3.38. The van der Waals surface area contributed by atoms with Crippen molar-refractivity contribution in [1.29, 1.82) is 0 Å². The molecule has 0 aromatic heterocycles. The number of nitrogens with one attached hydrogen (secondary N) is 1. The summed E-state index contributed by atoms with van der Waals surface area (Å²) in [5.74, 6) is 0. The van der Waals surface area contributed by atoms with E-state index in [4.69, 9.17) is 4.74 Å². The first kappa shape index (κ1) is 6.78. The van der Waals surface area contributed by atoms with Gasteiger partial charge < -0.3 is 10.1 Å². The minimum absolute atomic E-state index is 0.309. The van der Waals surface area contributed by atoms with Crippen molar-refractivity contribution in [1.82, 2.24) is 5.32 Å².